The number of amides is 1. The average Bonchev–Trinajstić information content (AvgIpc) is 2.34. The van der Waals surface area contributed by atoms with Crippen LogP contribution in [0.15, 0.2) is 47.6 Å². The van der Waals surface area contributed by atoms with Gasteiger partial charge in [0.05, 0.1) is 5.71 Å². The molecule has 0 bridgehead atoms. The van der Waals surface area contributed by atoms with Crippen molar-refractivity contribution in [3.63, 3.8) is 0 Å². The zero-order valence-electron chi connectivity index (χ0n) is 9.25. The first kappa shape index (κ1) is 12.6. The van der Waals surface area contributed by atoms with Crippen LogP contribution in [0.1, 0.15) is 12.5 Å². The van der Waals surface area contributed by atoms with Gasteiger partial charge in [0.15, 0.2) is 0 Å². The summed E-state index contributed by atoms with van der Waals surface area (Å²) in [6.07, 6.45) is 1.66. The van der Waals surface area contributed by atoms with Gasteiger partial charge in [0.25, 0.3) is 5.91 Å². The molecule has 2 N–H and O–H groups in total. The Labute approximate surface area is 98.5 Å². The first-order valence-electron chi connectivity index (χ1n) is 4.90. The quantitative estimate of drug-likeness (QED) is 0.464. The highest BCUT2D eigenvalue weighted by molar-refractivity contribution is 6.00. The van der Waals surface area contributed by atoms with E-state index in [1.807, 2.05) is 30.3 Å². The fraction of sp³-hybridized carbons (Fsp3) is 0.0833. The fourth-order valence-electron chi connectivity index (χ4n) is 1.07. The number of carbonyl (C=O) groups is 2. The number of carboxylic acids is 1. The van der Waals surface area contributed by atoms with Gasteiger partial charge in [0.2, 0.25) is 0 Å². The first-order chi connectivity index (χ1) is 8.09. The smallest absolute Gasteiger partial charge is 0.328 e. The molecule has 0 aromatic heterocycles. The van der Waals surface area contributed by atoms with E-state index in [1.165, 1.54) is 0 Å². The van der Waals surface area contributed by atoms with Gasteiger partial charge >= 0.3 is 5.97 Å². The van der Waals surface area contributed by atoms with Crippen LogP contribution >= 0.6 is 0 Å². The molecule has 17 heavy (non-hydrogen) atoms. The number of rotatable bonds is 4. The molecular formula is C12H12N2O3. The summed E-state index contributed by atoms with van der Waals surface area (Å²) < 4.78 is 0. The van der Waals surface area contributed by atoms with Gasteiger partial charge in [-0.1, -0.05) is 30.3 Å². The first-order valence-corrected chi connectivity index (χ1v) is 4.90. The number of carbonyl (C=O) groups excluding carboxylic acids is 1. The van der Waals surface area contributed by atoms with E-state index in [0.717, 1.165) is 17.7 Å². The van der Waals surface area contributed by atoms with Crippen molar-refractivity contribution in [2.45, 2.75) is 6.92 Å². The molecule has 0 aliphatic carbocycles. The van der Waals surface area contributed by atoms with Crippen molar-refractivity contribution < 1.29 is 14.7 Å². The highest BCUT2D eigenvalue weighted by atomic mass is 16.4. The lowest BCUT2D eigenvalue weighted by molar-refractivity contribution is -0.131. The van der Waals surface area contributed by atoms with E-state index in [1.54, 1.807) is 6.92 Å². The zero-order chi connectivity index (χ0) is 12.7. The van der Waals surface area contributed by atoms with E-state index < -0.39 is 11.9 Å². The Kier molecular flexibility index (Phi) is 4.62. The molecule has 1 rings (SSSR count). The number of hydrogen-bond acceptors (Lipinski definition) is 3. The Balaban J connectivity index is 2.60. The van der Waals surface area contributed by atoms with Crippen molar-refractivity contribution in [2.24, 2.45) is 5.10 Å². The SMILES string of the molecule is C/C(=N/NC(=O)/C=C\C(=O)O)c1ccccc1. The molecule has 1 aromatic carbocycles. The van der Waals surface area contributed by atoms with Gasteiger partial charge in [-0.15, -0.1) is 0 Å². The van der Waals surface area contributed by atoms with Crippen LogP contribution in [0.25, 0.3) is 0 Å². The molecule has 0 radical (unpaired) electrons. The Morgan fingerprint density at radius 3 is 2.47 bits per heavy atom. The van der Waals surface area contributed by atoms with Crippen LogP contribution in [0.4, 0.5) is 0 Å². The minimum absolute atomic E-state index is 0.581. The maximum absolute atomic E-state index is 11.1. The molecular weight excluding hydrogens is 220 g/mol. The van der Waals surface area contributed by atoms with Crippen LogP contribution in [-0.4, -0.2) is 22.7 Å². The molecule has 0 saturated carbocycles. The van der Waals surface area contributed by atoms with E-state index >= 15 is 0 Å². The van der Waals surface area contributed by atoms with E-state index in [-0.39, 0.29) is 0 Å². The summed E-state index contributed by atoms with van der Waals surface area (Å²) >= 11 is 0. The lowest BCUT2D eigenvalue weighted by Gasteiger charge is -2.00. The van der Waals surface area contributed by atoms with Crippen molar-refractivity contribution >= 4 is 17.6 Å². The summed E-state index contributed by atoms with van der Waals surface area (Å²) in [6.45, 7) is 1.75. The molecule has 1 amide bonds. The third-order valence-electron chi connectivity index (χ3n) is 1.90. The Hall–Kier alpha value is -2.43. The molecule has 0 fully saturated rings. The fourth-order valence-corrected chi connectivity index (χ4v) is 1.07. The van der Waals surface area contributed by atoms with Crippen LogP contribution < -0.4 is 5.43 Å². The number of carboxylic acid groups (broad SMARTS) is 1. The zero-order valence-corrected chi connectivity index (χ0v) is 9.25. The highest BCUT2D eigenvalue weighted by Crippen LogP contribution is 1.99. The van der Waals surface area contributed by atoms with Gasteiger partial charge in [-0.05, 0) is 12.5 Å². The summed E-state index contributed by atoms with van der Waals surface area (Å²) in [7, 11) is 0. The number of hydrogen-bond donors (Lipinski definition) is 2. The van der Waals surface area contributed by atoms with Crippen LogP contribution in [0.2, 0.25) is 0 Å². The molecule has 0 spiro atoms. The van der Waals surface area contributed by atoms with Crippen LogP contribution in [0, 0.1) is 0 Å². The average molecular weight is 232 g/mol. The molecule has 88 valence electrons. The van der Waals surface area contributed by atoms with Crippen LogP contribution in [0.3, 0.4) is 0 Å². The van der Waals surface area contributed by atoms with E-state index in [4.69, 9.17) is 5.11 Å². The van der Waals surface area contributed by atoms with Crippen LogP contribution in [0.5, 0.6) is 0 Å². The van der Waals surface area contributed by atoms with Crippen LogP contribution in [-0.2, 0) is 9.59 Å². The Bertz CT molecular complexity index is 464. The van der Waals surface area contributed by atoms with Gasteiger partial charge in [-0.2, -0.15) is 5.10 Å². The molecule has 0 unspecified atom stereocenters. The largest absolute Gasteiger partial charge is 0.478 e. The maximum atomic E-state index is 11.1. The second-order valence-electron chi connectivity index (χ2n) is 3.21. The summed E-state index contributed by atoms with van der Waals surface area (Å²) in [5.74, 6) is -1.76. The summed E-state index contributed by atoms with van der Waals surface area (Å²) in [4.78, 5) is 21.3. The monoisotopic (exact) mass is 232 g/mol. The minimum atomic E-state index is -1.18. The molecule has 5 nitrogen and oxygen atoms in total. The normalized spacial score (nSPS) is 11.5. The summed E-state index contributed by atoms with van der Waals surface area (Å²) in [5.41, 5.74) is 3.76. The number of aliphatic carboxylic acids is 1. The molecule has 5 heteroatoms. The number of nitrogens with one attached hydrogen (secondary N) is 1. The van der Waals surface area contributed by atoms with E-state index in [9.17, 15) is 9.59 Å². The van der Waals surface area contributed by atoms with Gasteiger partial charge in [-0.25, -0.2) is 10.2 Å². The predicted octanol–water partition coefficient (Wildman–Crippen LogP) is 1.17. The van der Waals surface area contributed by atoms with E-state index in [2.05, 4.69) is 10.5 Å². The second kappa shape index (κ2) is 6.22. The standard InChI is InChI=1S/C12H12N2O3/c1-9(10-5-3-2-4-6-10)13-14-11(15)7-8-12(16)17/h2-8H,1H3,(H,14,15)(H,16,17)/b8-7-,13-9-. The van der Waals surface area contributed by atoms with E-state index in [0.29, 0.717) is 5.71 Å². The highest BCUT2D eigenvalue weighted by Gasteiger charge is 1.97. The summed E-state index contributed by atoms with van der Waals surface area (Å²) in [5, 5.41) is 12.2. The third-order valence-corrected chi connectivity index (χ3v) is 1.90. The molecule has 0 aliphatic heterocycles. The second-order valence-corrected chi connectivity index (χ2v) is 3.21. The molecule has 0 aliphatic rings. The topological polar surface area (TPSA) is 78.8 Å². The van der Waals surface area contributed by atoms with Crippen molar-refractivity contribution in [2.75, 3.05) is 0 Å². The Morgan fingerprint density at radius 2 is 1.88 bits per heavy atom. The Morgan fingerprint density at radius 1 is 1.24 bits per heavy atom. The number of hydrazone groups is 1. The predicted molar refractivity (Wildman–Crippen MR) is 63.6 cm³/mol. The van der Waals surface area contributed by atoms with Gasteiger partial charge in [0, 0.05) is 12.2 Å². The minimum Gasteiger partial charge on any atom is -0.478 e. The number of nitrogens with zero attached hydrogens (tertiary/aromatic N) is 1. The van der Waals surface area contributed by atoms with Gasteiger partial charge < -0.3 is 5.11 Å². The molecule has 0 saturated heterocycles. The maximum Gasteiger partial charge on any atom is 0.328 e. The number of benzene rings is 1. The molecule has 1 aromatic rings. The summed E-state index contributed by atoms with van der Waals surface area (Å²) in [6, 6.07) is 9.32. The molecule has 0 heterocycles. The lowest BCUT2D eigenvalue weighted by atomic mass is 10.1. The molecule has 0 atom stereocenters. The third kappa shape index (κ3) is 4.74. The van der Waals surface area contributed by atoms with Gasteiger partial charge in [-0.3, -0.25) is 4.79 Å². The van der Waals surface area contributed by atoms with Gasteiger partial charge in [0.1, 0.15) is 0 Å². The van der Waals surface area contributed by atoms with Crippen molar-refractivity contribution in [3.05, 3.63) is 48.0 Å². The van der Waals surface area contributed by atoms with Crippen molar-refractivity contribution in [3.8, 4) is 0 Å². The lowest BCUT2D eigenvalue weighted by Crippen LogP contribution is -2.16. The van der Waals surface area contributed by atoms with Crippen molar-refractivity contribution in [1.29, 1.82) is 0 Å². The van der Waals surface area contributed by atoms with Crippen molar-refractivity contribution in [1.82, 2.24) is 5.43 Å².